The lowest BCUT2D eigenvalue weighted by atomic mass is 10.2. The molecule has 0 saturated carbocycles. The van der Waals surface area contributed by atoms with Crippen LogP contribution in [0, 0.1) is 5.82 Å². The lowest BCUT2D eigenvalue weighted by molar-refractivity contribution is 0.386. The Labute approximate surface area is 75.1 Å². The van der Waals surface area contributed by atoms with Gasteiger partial charge in [-0.1, -0.05) is 18.3 Å². The zero-order valence-electron chi connectivity index (χ0n) is 6.50. The number of halogens is 1. The van der Waals surface area contributed by atoms with Gasteiger partial charge in [0.15, 0.2) is 11.6 Å². The van der Waals surface area contributed by atoms with Crippen molar-refractivity contribution in [1.82, 2.24) is 0 Å². The van der Waals surface area contributed by atoms with E-state index < -0.39 is 5.82 Å². The second-order valence-corrected chi connectivity index (χ2v) is 2.62. The van der Waals surface area contributed by atoms with Gasteiger partial charge in [-0.05, 0) is 12.1 Å². The van der Waals surface area contributed by atoms with Crippen molar-refractivity contribution < 1.29 is 9.13 Å². The van der Waals surface area contributed by atoms with Crippen LogP contribution >= 0.6 is 12.2 Å². The van der Waals surface area contributed by atoms with E-state index in [-0.39, 0.29) is 10.7 Å². The number of benzene rings is 1. The first-order valence-electron chi connectivity index (χ1n) is 3.29. The van der Waals surface area contributed by atoms with Crippen molar-refractivity contribution in [2.45, 2.75) is 0 Å². The van der Waals surface area contributed by atoms with Gasteiger partial charge in [0, 0.05) is 0 Å². The summed E-state index contributed by atoms with van der Waals surface area (Å²) >= 11 is 4.71. The first kappa shape index (κ1) is 8.93. The monoisotopic (exact) mass is 185 g/mol. The van der Waals surface area contributed by atoms with E-state index in [1.807, 2.05) is 0 Å². The van der Waals surface area contributed by atoms with Crippen molar-refractivity contribution in [2.24, 2.45) is 5.73 Å². The molecule has 0 bridgehead atoms. The van der Waals surface area contributed by atoms with Crippen LogP contribution in [0.3, 0.4) is 0 Å². The maximum atomic E-state index is 13.0. The van der Waals surface area contributed by atoms with Gasteiger partial charge < -0.3 is 10.5 Å². The van der Waals surface area contributed by atoms with Crippen molar-refractivity contribution in [3.05, 3.63) is 29.6 Å². The molecule has 1 aromatic rings. The van der Waals surface area contributed by atoms with E-state index >= 15 is 0 Å². The minimum absolute atomic E-state index is 0.102. The highest BCUT2D eigenvalue weighted by molar-refractivity contribution is 7.80. The van der Waals surface area contributed by atoms with Crippen LogP contribution in [-0.2, 0) is 0 Å². The van der Waals surface area contributed by atoms with Gasteiger partial charge in [-0.3, -0.25) is 0 Å². The Balaban J connectivity index is 3.27. The molecule has 0 heterocycles. The Kier molecular flexibility index (Phi) is 2.60. The molecule has 0 fully saturated rings. The zero-order chi connectivity index (χ0) is 9.14. The summed E-state index contributed by atoms with van der Waals surface area (Å²) in [5.74, 6) is -0.354. The van der Waals surface area contributed by atoms with E-state index in [1.165, 1.54) is 19.2 Å². The first-order valence-corrected chi connectivity index (χ1v) is 3.70. The molecule has 0 aliphatic heterocycles. The fourth-order valence-corrected chi connectivity index (χ4v) is 1.07. The molecule has 1 rings (SSSR count). The van der Waals surface area contributed by atoms with Crippen molar-refractivity contribution in [2.75, 3.05) is 7.11 Å². The lowest BCUT2D eigenvalue weighted by Crippen LogP contribution is -2.11. The third-order valence-corrected chi connectivity index (χ3v) is 1.66. The molecule has 0 radical (unpaired) electrons. The fourth-order valence-electron chi connectivity index (χ4n) is 0.910. The summed E-state index contributed by atoms with van der Waals surface area (Å²) in [7, 11) is 1.38. The normalized spacial score (nSPS) is 9.50. The molecule has 0 aliphatic rings. The summed E-state index contributed by atoms with van der Waals surface area (Å²) in [6.07, 6.45) is 0. The summed E-state index contributed by atoms with van der Waals surface area (Å²) in [5, 5.41) is 0. The first-order chi connectivity index (χ1) is 5.66. The van der Waals surface area contributed by atoms with E-state index in [1.54, 1.807) is 6.07 Å². The molecule has 12 heavy (non-hydrogen) atoms. The van der Waals surface area contributed by atoms with E-state index in [2.05, 4.69) is 0 Å². The molecule has 0 spiro atoms. The van der Waals surface area contributed by atoms with Gasteiger partial charge in [0.05, 0.1) is 12.7 Å². The average Bonchev–Trinajstić information content (AvgIpc) is 2.03. The molecule has 2 nitrogen and oxygen atoms in total. The molecule has 1 aromatic carbocycles. The van der Waals surface area contributed by atoms with Crippen LogP contribution in [0.15, 0.2) is 18.2 Å². The summed E-state index contributed by atoms with van der Waals surface area (Å²) in [6, 6.07) is 4.44. The van der Waals surface area contributed by atoms with Gasteiger partial charge in [0.25, 0.3) is 0 Å². The molecule has 0 amide bonds. The Morgan fingerprint density at radius 2 is 2.25 bits per heavy atom. The Morgan fingerprint density at radius 3 is 2.67 bits per heavy atom. The largest absolute Gasteiger partial charge is 0.493 e. The number of para-hydroxylation sites is 1. The number of hydrogen-bond acceptors (Lipinski definition) is 2. The van der Waals surface area contributed by atoms with Gasteiger partial charge in [0.1, 0.15) is 4.99 Å². The van der Waals surface area contributed by atoms with Gasteiger partial charge in [-0.15, -0.1) is 0 Å². The quantitative estimate of drug-likeness (QED) is 0.708. The predicted octanol–water partition coefficient (Wildman–Crippen LogP) is 1.47. The lowest BCUT2D eigenvalue weighted by Gasteiger charge is -2.06. The fraction of sp³-hybridized carbons (Fsp3) is 0.125. The van der Waals surface area contributed by atoms with E-state index in [9.17, 15) is 4.39 Å². The van der Waals surface area contributed by atoms with Gasteiger partial charge in [-0.25, -0.2) is 4.39 Å². The van der Waals surface area contributed by atoms with E-state index in [4.69, 9.17) is 22.7 Å². The highest BCUT2D eigenvalue weighted by Crippen LogP contribution is 2.21. The predicted molar refractivity (Wildman–Crippen MR) is 48.8 cm³/mol. The summed E-state index contributed by atoms with van der Waals surface area (Å²) in [6.45, 7) is 0. The molecule has 64 valence electrons. The van der Waals surface area contributed by atoms with Gasteiger partial charge >= 0.3 is 0 Å². The molecule has 0 saturated heterocycles. The molecular weight excluding hydrogens is 177 g/mol. The molecular formula is C8H8FNOS. The number of nitrogens with two attached hydrogens (primary N) is 1. The maximum Gasteiger partial charge on any atom is 0.165 e. The Hall–Kier alpha value is -1.16. The molecule has 0 atom stereocenters. The van der Waals surface area contributed by atoms with Gasteiger partial charge in [0.2, 0.25) is 0 Å². The standard InChI is InChI=1S/C8H8FNOS/c1-11-7-5(8(10)12)3-2-4-6(7)9/h2-4H,1H3,(H2,10,12). The number of methoxy groups -OCH3 is 1. The van der Waals surface area contributed by atoms with Crippen molar-refractivity contribution >= 4 is 17.2 Å². The topological polar surface area (TPSA) is 35.2 Å². The van der Waals surface area contributed by atoms with E-state index in [0.29, 0.717) is 5.56 Å². The van der Waals surface area contributed by atoms with Crippen LogP contribution in [0.25, 0.3) is 0 Å². The third-order valence-electron chi connectivity index (χ3n) is 1.44. The number of hydrogen-bond donors (Lipinski definition) is 1. The number of thiocarbonyl (C=S) groups is 1. The Morgan fingerprint density at radius 1 is 1.58 bits per heavy atom. The number of rotatable bonds is 2. The summed E-state index contributed by atoms with van der Waals surface area (Å²) in [5.41, 5.74) is 5.77. The second-order valence-electron chi connectivity index (χ2n) is 2.18. The zero-order valence-corrected chi connectivity index (χ0v) is 7.32. The second kappa shape index (κ2) is 3.49. The van der Waals surface area contributed by atoms with Crippen LogP contribution in [0.1, 0.15) is 5.56 Å². The molecule has 4 heteroatoms. The Bertz CT molecular complexity index is 314. The van der Waals surface area contributed by atoms with Crippen LogP contribution < -0.4 is 10.5 Å². The summed E-state index contributed by atoms with van der Waals surface area (Å²) < 4.78 is 17.8. The highest BCUT2D eigenvalue weighted by Gasteiger charge is 2.09. The van der Waals surface area contributed by atoms with Crippen LogP contribution in [0.5, 0.6) is 5.75 Å². The van der Waals surface area contributed by atoms with Crippen molar-refractivity contribution in [3.63, 3.8) is 0 Å². The minimum atomic E-state index is -0.456. The minimum Gasteiger partial charge on any atom is -0.493 e. The van der Waals surface area contributed by atoms with Gasteiger partial charge in [-0.2, -0.15) is 0 Å². The third kappa shape index (κ3) is 1.53. The smallest absolute Gasteiger partial charge is 0.165 e. The highest BCUT2D eigenvalue weighted by atomic mass is 32.1. The average molecular weight is 185 g/mol. The van der Waals surface area contributed by atoms with Crippen LogP contribution in [0.4, 0.5) is 4.39 Å². The number of ether oxygens (including phenoxy) is 1. The SMILES string of the molecule is COc1c(F)cccc1C(N)=S. The molecule has 2 N–H and O–H groups in total. The van der Waals surface area contributed by atoms with Crippen molar-refractivity contribution in [3.8, 4) is 5.75 Å². The summed E-state index contributed by atoms with van der Waals surface area (Å²) in [4.78, 5) is 0.131. The van der Waals surface area contributed by atoms with Crippen LogP contribution in [-0.4, -0.2) is 12.1 Å². The molecule has 0 aromatic heterocycles. The van der Waals surface area contributed by atoms with Crippen LogP contribution in [0.2, 0.25) is 0 Å². The molecule has 0 aliphatic carbocycles. The van der Waals surface area contributed by atoms with E-state index in [0.717, 1.165) is 0 Å². The molecule has 0 unspecified atom stereocenters. The van der Waals surface area contributed by atoms with Crippen molar-refractivity contribution in [1.29, 1.82) is 0 Å². The maximum absolute atomic E-state index is 13.0.